The first kappa shape index (κ1) is 17.3. The number of rotatable bonds is 9. The Labute approximate surface area is 127 Å². The monoisotopic (exact) mass is 297 g/mol. The number of aryl methyl sites for hydroxylation is 2. The molecule has 0 bridgehead atoms. The fraction of sp³-hybridized carbons (Fsp3) is 0.625. The number of hydrogen-bond donors (Lipinski definition) is 2. The van der Waals surface area contributed by atoms with Crippen molar-refractivity contribution in [3.8, 4) is 5.75 Å². The van der Waals surface area contributed by atoms with Crippen molar-refractivity contribution in [1.82, 2.24) is 5.32 Å². The van der Waals surface area contributed by atoms with Gasteiger partial charge in [0.15, 0.2) is 0 Å². The van der Waals surface area contributed by atoms with E-state index >= 15 is 0 Å². The average Bonchev–Trinajstić information content (AvgIpc) is 2.42. The van der Waals surface area contributed by atoms with Crippen LogP contribution in [0, 0.1) is 13.8 Å². The molecule has 2 N–H and O–H groups in total. The fourth-order valence-electron chi connectivity index (χ4n) is 1.96. The summed E-state index contributed by atoms with van der Waals surface area (Å²) in [6.07, 6.45) is -0.483. The highest BCUT2D eigenvalue weighted by Crippen LogP contribution is 2.22. The van der Waals surface area contributed by atoms with E-state index in [0.717, 1.165) is 28.4 Å². The second-order valence-corrected chi connectivity index (χ2v) is 6.47. The van der Waals surface area contributed by atoms with Crippen LogP contribution < -0.4 is 10.1 Å². The van der Waals surface area contributed by atoms with Gasteiger partial charge in [0, 0.05) is 18.3 Å². The van der Waals surface area contributed by atoms with Gasteiger partial charge in [-0.25, -0.2) is 0 Å². The molecule has 0 aliphatic heterocycles. The fourth-order valence-corrected chi connectivity index (χ4v) is 2.66. The third-order valence-electron chi connectivity index (χ3n) is 3.10. The minimum atomic E-state index is -0.483. The van der Waals surface area contributed by atoms with E-state index < -0.39 is 6.10 Å². The van der Waals surface area contributed by atoms with Crippen LogP contribution in [0.4, 0.5) is 0 Å². The van der Waals surface area contributed by atoms with Crippen LogP contribution in [-0.2, 0) is 0 Å². The van der Waals surface area contributed by atoms with Gasteiger partial charge in [0.25, 0.3) is 0 Å². The molecule has 2 atom stereocenters. The SMILES string of the molecule is CCSCC(C)NCC(O)COc1c(C)cccc1C. The minimum absolute atomic E-state index is 0.326. The number of aliphatic hydroxyl groups excluding tert-OH is 1. The Bertz CT molecular complexity index is 378. The first-order chi connectivity index (χ1) is 9.54. The lowest BCUT2D eigenvalue weighted by Gasteiger charge is -2.18. The Morgan fingerprint density at radius 3 is 2.55 bits per heavy atom. The number of para-hydroxylation sites is 1. The Hall–Kier alpha value is -0.710. The summed E-state index contributed by atoms with van der Waals surface area (Å²) in [5.41, 5.74) is 2.22. The predicted molar refractivity (Wildman–Crippen MR) is 87.9 cm³/mol. The summed E-state index contributed by atoms with van der Waals surface area (Å²) in [6, 6.07) is 6.48. The number of ether oxygens (including phenoxy) is 1. The van der Waals surface area contributed by atoms with E-state index in [1.165, 1.54) is 0 Å². The zero-order chi connectivity index (χ0) is 15.0. The molecular weight excluding hydrogens is 270 g/mol. The smallest absolute Gasteiger partial charge is 0.125 e. The summed E-state index contributed by atoms with van der Waals surface area (Å²) >= 11 is 1.91. The topological polar surface area (TPSA) is 41.5 Å². The second-order valence-electron chi connectivity index (χ2n) is 5.15. The van der Waals surface area contributed by atoms with Gasteiger partial charge in [-0.1, -0.05) is 25.1 Å². The van der Waals surface area contributed by atoms with E-state index in [1.807, 2.05) is 43.8 Å². The van der Waals surface area contributed by atoms with Crippen LogP contribution in [0.5, 0.6) is 5.75 Å². The van der Waals surface area contributed by atoms with Crippen LogP contribution in [0.1, 0.15) is 25.0 Å². The number of benzene rings is 1. The first-order valence-electron chi connectivity index (χ1n) is 7.22. The molecule has 1 rings (SSSR count). The summed E-state index contributed by atoms with van der Waals surface area (Å²) in [6.45, 7) is 9.24. The highest BCUT2D eigenvalue weighted by Gasteiger charge is 2.10. The molecule has 0 aliphatic carbocycles. The van der Waals surface area contributed by atoms with Crippen molar-refractivity contribution in [3.05, 3.63) is 29.3 Å². The standard InChI is InChI=1S/C16H27NO2S/c1-5-20-11-14(4)17-9-15(18)10-19-16-12(2)7-6-8-13(16)3/h6-8,14-15,17-18H,5,9-11H2,1-4H3. The van der Waals surface area contributed by atoms with E-state index in [2.05, 4.69) is 19.2 Å². The normalized spacial score (nSPS) is 14.1. The summed E-state index contributed by atoms with van der Waals surface area (Å²) < 4.78 is 5.75. The Morgan fingerprint density at radius 1 is 1.30 bits per heavy atom. The van der Waals surface area contributed by atoms with Gasteiger partial charge in [-0.05, 0) is 37.7 Å². The lowest BCUT2D eigenvalue weighted by molar-refractivity contribution is 0.104. The molecule has 2 unspecified atom stereocenters. The molecule has 0 aromatic heterocycles. The van der Waals surface area contributed by atoms with Gasteiger partial charge in [0.2, 0.25) is 0 Å². The molecule has 3 nitrogen and oxygen atoms in total. The van der Waals surface area contributed by atoms with Gasteiger partial charge >= 0.3 is 0 Å². The molecule has 1 aromatic carbocycles. The lowest BCUT2D eigenvalue weighted by atomic mass is 10.1. The Morgan fingerprint density at radius 2 is 1.95 bits per heavy atom. The van der Waals surface area contributed by atoms with Crippen LogP contribution >= 0.6 is 11.8 Å². The lowest BCUT2D eigenvalue weighted by Crippen LogP contribution is -2.37. The molecule has 0 saturated heterocycles. The van der Waals surface area contributed by atoms with Gasteiger partial charge in [0.1, 0.15) is 18.5 Å². The molecule has 0 saturated carbocycles. The van der Waals surface area contributed by atoms with Crippen LogP contribution in [0.25, 0.3) is 0 Å². The third kappa shape index (κ3) is 6.16. The number of hydrogen-bond acceptors (Lipinski definition) is 4. The maximum atomic E-state index is 9.97. The van der Waals surface area contributed by atoms with Gasteiger partial charge in [-0.3, -0.25) is 0 Å². The van der Waals surface area contributed by atoms with Crippen LogP contribution in [-0.4, -0.2) is 41.9 Å². The maximum Gasteiger partial charge on any atom is 0.125 e. The quantitative estimate of drug-likeness (QED) is 0.735. The van der Waals surface area contributed by atoms with Crippen LogP contribution in [0.3, 0.4) is 0 Å². The number of nitrogens with one attached hydrogen (secondary N) is 1. The largest absolute Gasteiger partial charge is 0.490 e. The van der Waals surface area contributed by atoms with Crippen molar-refractivity contribution in [2.24, 2.45) is 0 Å². The molecule has 0 amide bonds. The van der Waals surface area contributed by atoms with Crippen molar-refractivity contribution in [1.29, 1.82) is 0 Å². The third-order valence-corrected chi connectivity index (χ3v) is 4.25. The van der Waals surface area contributed by atoms with Gasteiger partial charge in [-0.2, -0.15) is 11.8 Å². The molecule has 0 fully saturated rings. The molecule has 0 spiro atoms. The van der Waals surface area contributed by atoms with Crippen molar-refractivity contribution >= 4 is 11.8 Å². The molecular formula is C16H27NO2S. The first-order valence-corrected chi connectivity index (χ1v) is 8.38. The number of aliphatic hydroxyl groups is 1. The summed E-state index contributed by atoms with van der Waals surface area (Å²) in [5, 5.41) is 13.3. The van der Waals surface area contributed by atoms with E-state index in [1.54, 1.807) is 0 Å². The van der Waals surface area contributed by atoms with Crippen molar-refractivity contribution in [2.45, 2.75) is 39.8 Å². The van der Waals surface area contributed by atoms with E-state index in [0.29, 0.717) is 19.2 Å². The van der Waals surface area contributed by atoms with Crippen molar-refractivity contribution in [2.75, 3.05) is 24.7 Å². The molecule has 0 radical (unpaired) electrons. The Kier molecular flexibility index (Phi) is 8.04. The number of thioether (sulfide) groups is 1. The van der Waals surface area contributed by atoms with E-state index in [-0.39, 0.29) is 0 Å². The van der Waals surface area contributed by atoms with Gasteiger partial charge in [0.05, 0.1) is 0 Å². The predicted octanol–water partition coefficient (Wildman–Crippen LogP) is 2.77. The molecule has 0 heterocycles. The minimum Gasteiger partial charge on any atom is -0.490 e. The molecule has 114 valence electrons. The Balaban J connectivity index is 2.31. The van der Waals surface area contributed by atoms with Crippen LogP contribution in [0.15, 0.2) is 18.2 Å². The summed E-state index contributed by atoms with van der Waals surface area (Å²) in [7, 11) is 0. The highest BCUT2D eigenvalue weighted by molar-refractivity contribution is 7.99. The van der Waals surface area contributed by atoms with E-state index in [9.17, 15) is 5.11 Å². The molecule has 4 heteroatoms. The zero-order valence-electron chi connectivity index (χ0n) is 13.0. The van der Waals surface area contributed by atoms with Crippen molar-refractivity contribution in [3.63, 3.8) is 0 Å². The van der Waals surface area contributed by atoms with Crippen molar-refractivity contribution < 1.29 is 9.84 Å². The molecule has 1 aromatic rings. The maximum absolute atomic E-state index is 9.97. The second kappa shape index (κ2) is 9.27. The van der Waals surface area contributed by atoms with Crippen LogP contribution in [0.2, 0.25) is 0 Å². The highest BCUT2D eigenvalue weighted by atomic mass is 32.2. The van der Waals surface area contributed by atoms with E-state index in [4.69, 9.17) is 4.74 Å². The molecule has 0 aliphatic rings. The zero-order valence-corrected chi connectivity index (χ0v) is 13.8. The summed E-state index contributed by atoms with van der Waals surface area (Å²) in [4.78, 5) is 0. The van der Waals surface area contributed by atoms with Gasteiger partial charge < -0.3 is 15.2 Å². The average molecular weight is 297 g/mol. The summed E-state index contributed by atoms with van der Waals surface area (Å²) in [5.74, 6) is 3.09. The molecule has 20 heavy (non-hydrogen) atoms. The van der Waals surface area contributed by atoms with Gasteiger partial charge in [-0.15, -0.1) is 0 Å².